The van der Waals surface area contributed by atoms with Gasteiger partial charge in [-0.15, -0.1) is 0 Å². The zero-order valence-corrected chi connectivity index (χ0v) is 34.0. The standard InChI is InChI=1S/C33H49P.C12H10N.ClH.Pd/c1-23(2)26-21-30(24(3)4)33(31(22-26)25(5)6)29-19-13-14-20-32(29)34(27-15-9-7-10-16-27)28-17-11-8-12-18-28;13-12-9-5-4-8-11(12)10-6-2-1-3-7-10;;/h13-14,19-25,27-28H,7-12,15-18H2,1-6H3;1-6,8-9H,13H2;1H;/q;;;+1/p-1. The summed E-state index contributed by atoms with van der Waals surface area (Å²) < 4.78 is 1.40. The molecule has 4 aromatic rings. The van der Waals surface area contributed by atoms with E-state index in [-0.39, 0.29) is 0 Å². The van der Waals surface area contributed by atoms with E-state index in [9.17, 15) is 0 Å². The van der Waals surface area contributed by atoms with Crippen molar-refractivity contribution in [3.8, 4) is 22.3 Å². The molecule has 0 atom stereocenters. The molecule has 2 aliphatic carbocycles. The second-order valence-corrected chi connectivity index (χ2v) is 28.0. The number of halogens is 1. The van der Waals surface area contributed by atoms with E-state index in [1.807, 2.05) is 0 Å². The number of nitrogen functional groups attached to an aromatic ring is 1. The fraction of sp³-hybridized carbons (Fsp3) is 0.467. The molecule has 1 nitrogen and oxygen atoms in total. The zero-order valence-electron chi connectivity index (χ0n) is 30.8. The molecule has 0 amide bonds. The van der Waals surface area contributed by atoms with Crippen LogP contribution >= 0.6 is 14.5 Å². The molecule has 0 aromatic heterocycles. The summed E-state index contributed by atoms with van der Waals surface area (Å²) in [4.78, 5) is -1.97. The van der Waals surface area contributed by atoms with Crippen LogP contribution in [0.2, 0.25) is 0 Å². The summed E-state index contributed by atoms with van der Waals surface area (Å²) in [6.45, 7) is 14.3. The molecule has 4 heteroatoms. The Labute approximate surface area is 307 Å². The molecule has 0 radical (unpaired) electrons. The number of nitrogens with two attached hydrogens (primary N) is 1. The molecule has 4 aromatic carbocycles. The predicted molar refractivity (Wildman–Crippen MR) is 216 cm³/mol. The molecule has 2 fully saturated rings. The van der Waals surface area contributed by atoms with Gasteiger partial charge in [-0.25, -0.2) is 0 Å². The molecule has 2 saturated carbocycles. The van der Waals surface area contributed by atoms with Crippen molar-refractivity contribution in [2.75, 3.05) is 5.73 Å². The summed E-state index contributed by atoms with van der Waals surface area (Å²) in [5, 5.41) is 1.65. The van der Waals surface area contributed by atoms with Gasteiger partial charge in [0.25, 0.3) is 0 Å². The van der Waals surface area contributed by atoms with Crippen molar-refractivity contribution in [1.82, 2.24) is 0 Å². The Hall–Kier alpha value is -1.94. The Balaban J connectivity index is 1.78. The van der Waals surface area contributed by atoms with Crippen molar-refractivity contribution in [2.45, 2.75) is 135 Å². The van der Waals surface area contributed by atoms with E-state index < -0.39 is 19.7 Å². The van der Waals surface area contributed by atoms with Crippen LogP contribution in [0.4, 0.5) is 5.69 Å². The summed E-state index contributed by atoms with van der Waals surface area (Å²) in [7, 11) is 8.59. The average molecular weight is 787 g/mol. The van der Waals surface area contributed by atoms with Gasteiger partial charge < -0.3 is 0 Å². The molecule has 266 valence electrons. The third kappa shape index (κ3) is 7.25. The maximum absolute atomic E-state index is 8.59. The summed E-state index contributed by atoms with van der Waals surface area (Å²) in [6.07, 6.45) is 13.3. The van der Waals surface area contributed by atoms with Crippen LogP contribution in [0.3, 0.4) is 0 Å². The van der Waals surface area contributed by atoms with Crippen LogP contribution in [0.15, 0.2) is 84.9 Å². The van der Waals surface area contributed by atoms with Gasteiger partial charge in [0.2, 0.25) is 0 Å². The van der Waals surface area contributed by atoms with Gasteiger partial charge >= 0.3 is 309 Å². The number of hydrogen-bond donors (Lipinski definition) is 1. The Kier molecular flexibility index (Phi) is 12.2. The van der Waals surface area contributed by atoms with E-state index in [0.29, 0.717) is 29.1 Å². The van der Waals surface area contributed by atoms with Crippen LogP contribution < -0.4 is 15.1 Å². The van der Waals surface area contributed by atoms with Gasteiger partial charge in [-0.2, -0.15) is 0 Å². The first-order valence-electron chi connectivity index (χ1n) is 19.0. The molecule has 2 N–H and O–H groups in total. The number of hydrogen-bond acceptors (Lipinski definition) is 1. The predicted octanol–water partition coefficient (Wildman–Crippen LogP) is 13.3. The summed E-state index contributed by atoms with van der Waals surface area (Å²) in [5.41, 5.74) is 18.8. The van der Waals surface area contributed by atoms with Crippen LogP contribution in [-0.2, 0) is 14.7 Å². The zero-order chi connectivity index (χ0) is 34.7. The van der Waals surface area contributed by atoms with Crippen molar-refractivity contribution in [3.05, 3.63) is 102 Å². The Bertz CT molecular complexity index is 1760. The van der Waals surface area contributed by atoms with Gasteiger partial charge in [0.1, 0.15) is 0 Å². The molecule has 0 spiro atoms. The second kappa shape index (κ2) is 16.2. The normalized spacial score (nSPS) is 16.9. The van der Waals surface area contributed by atoms with E-state index in [1.54, 1.807) is 5.30 Å². The third-order valence-electron chi connectivity index (χ3n) is 11.3. The molecule has 0 saturated heterocycles. The number of benzene rings is 4. The van der Waals surface area contributed by atoms with Crippen LogP contribution in [0, 0.1) is 0 Å². The van der Waals surface area contributed by atoms with Gasteiger partial charge in [-0.05, 0) is 0 Å². The van der Waals surface area contributed by atoms with E-state index in [2.05, 4.69) is 126 Å². The summed E-state index contributed by atoms with van der Waals surface area (Å²) in [6, 6.07) is 32.5. The quantitative estimate of drug-likeness (QED) is 0.102. The fourth-order valence-corrected chi connectivity index (χ4v) is 29.6. The van der Waals surface area contributed by atoms with E-state index in [1.165, 1.54) is 102 Å². The number of anilines is 1. The number of rotatable bonds is 9. The Morgan fingerprint density at radius 2 is 1.06 bits per heavy atom. The van der Waals surface area contributed by atoms with Crippen molar-refractivity contribution < 1.29 is 14.7 Å². The Morgan fingerprint density at radius 1 is 0.592 bits per heavy atom. The van der Waals surface area contributed by atoms with Crippen molar-refractivity contribution in [1.29, 1.82) is 0 Å². The van der Waals surface area contributed by atoms with E-state index in [0.717, 1.165) is 11.3 Å². The van der Waals surface area contributed by atoms with Crippen LogP contribution in [0.1, 0.15) is 140 Å². The second-order valence-electron chi connectivity index (χ2n) is 15.5. The molecular formula is C45H59ClNPPd. The first-order chi connectivity index (χ1) is 23.7. The van der Waals surface area contributed by atoms with Crippen LogP contribution in [0.25, 0.3) is 22.3 Å². The van der Waals surface area contributed by atoms with E-state index >= 15 is 0 Å². The molecule has 6 rings (SSSR count). The van der Waals surface area contributed by atoms with Gasteiger partial charge in [0, 0.05) is 0 Å². The van der Waals surface area contributed by atoms with Crippen LogP contribution in [0.5, 0.6) is 0 Å². The molecule has 0 unspecified atom stereocenters. The van der Waals surface area contributed by atoms with Gasteiger partial charge in [-0.1, -0.05) is 0 Å². The summed E-state index contributed by atoms with van der Waals surface area (Å²) in [5.74, 6) is 1.36. The van der Waals surface area contributed by atoms with E-state index in [4.69, 9.17) is 15.3 Å². The molecule has 49 heavy (non-hydrogen) atoms. The topological polar surface area (TPSA) is 26.0 Å². The molecule has 0 heterocycles. The first kappa shape index (κ1) is 36.8. The molecule has 0 aliphatic heterocycles. The maximum atomic E-state index is 8.59. The first-order valence-corrected chi connectivity index (χ1v) is 25.7. The minimum absolute atomic E-state index is 0.431. The monoisotopic (exact) mass is 785 g/mol. The number of para-hydroxylation sites is 1. The molecular weight excluding hydrogens is 727 g/mol. The third-order valence-corrected chi connectivity index (χ3v) is 29.6. The van der Waals surface area contributed by atoms with Crippen molar-refractivity contribution in [2.24, 2.45) is 0 Å². The molecule has 2 aliphatic rings. The van der Waals surface area contributed by atoms with Gasteiger partial charge in [0.15, 0.2) is 0 Å². The molecule has 0 bridgehead atoms. The SMILES string of the molecule is CC(C)c1cc(C(C)C)c(-c2ccccc2[P](C2CCCCC2)(C2CCCCC2)=[Pd]([Cl])[c]2ccccc2-c2ccccc2N)c(C(C)C)c1. The van der Waals surface area contributed by atoms with Crippen molar-refractivity contribution >= 4 is 29.6 Å². The van der Waals surface area contributed by atoms with Crippen LogP contribution in [-0.4, -0.2) is 11.3 Å². The van der Waals surface area contributed by atoms with Gasteiger partial charge in [-0.3, -0.25) is 0 Å². The minimum atomic E-state index is -1.97. The van der Waals surface area contributed by atoms with Crippen molar-refractivity contribution in [3.63, 3.8) is 0 Å². The van der Waals surface area contributed by atoms with Gasteiger partial charge in [0.05, 0.1) is 0 Å². The summed E-state index contributed by atoms with van der Waals surface area (Å²) >= 11 is -1.82. The average Bonchev–Trinajstić information content (AvgIpc) is 3.12. The fourth-order valence-electron chi connectivity index (χ4n) is 8.72. The Morgan fingerprint density at radius 3 is 1.57 bits per heavy atom.